The molecule has 82 valence electrons. The summed E-state index contributed by atoms with van der Waals surface area (Å²) in [6.45, 7) is 3.59. The lowest BCUT2D eigenvalue weighted by Crippen LogP contribution is -2.44. The van der Waals surface area contributed by atoms with Crippen LogP contribution in [0.4, 0.5) is 15.0 Å². The Morgan fingerprint density at radius 3 is 2.67 bits per heavy atom. The van der Waals surface area contributed by atoms with Crippen LogP contribution in [0.15, 0.2) is 18.3 Å². The second-order valence-electron chi connectivity index (χ2n) is 3.28. The Bertz CT molecular complexity index is 338. The molecule has 0 aliphatic heterocycles. The van der Waals surface area contributed by atoms with E-state index < -0.39 is 11.8 Å². The molecule has 0 aromatic carbocycles. The van der Waals surface area contributed by atoms with Gasteiger partial charge in [0, 0.05) is 6.04 Å². The maximum atomic E-state index is 12.5. The number of urea groups is 1. The minimum absolute atomic E-state index is 0.116. The third-order valence-corrected chi connectivity index (χ3v) is 1.72. The first-order valence-corrected chi connectivity index (χ1v) is 4.47. The largest absolute Gasteiger partial charge is 0.350 e. The second-order valence-corrected chi connectivity index (χ2v) is 3.28. The Hall–Kier alpha value is -1.85. The highest BCUT2D eigenvalue weighted by Crippen LogP contribution is 2.06. The highest BCUT2D eigenvalue weighted by atomic mass is 19.1. The van der Waals surface area contributed by atoms with Gasteiger partial charge in [-0.3, -0.25) is 5.43 Å². The van der Waals surface area contributed by atoms with E-state index in [0.717, 1.165) is 6.20 Å². The first-order chi connectivity index (χ1) is 7.00. The molecule has 0 saturated carbocycles. The predicted molar refractivity (Wildman–Crippen MR) is 54.4 cm³/mol. The number of rotatable bonds is 3. The number of nitrogens with zero attached hydrogens (tertiary/aromatic N) is 2. The van der Waals surface area contributed by atoms with E-state index in [9.17, 15) is 9.18 Å². The minimum atomic E-state index is -0.615. The molecular formula is C9H13FN4O. The van der Waals surface area contributed by atoms with Crippen LogP contribution in [0.2, 0.25) is 0 Å². The van der Waals surface area contributed by atoms with Crippen LogP contribution in [0, 0.1) is 5.82 Å². The summed E-state index contributed by atoms with van der Waals surface area (Å²) in [5.74, 6) is -0.0698. The van der Waals surface area contributed by atoms with Crippen molar-refractivity contribution in [2.24, 2.45) is 5.73 Å². The van der Waals surface area contributed by atoms with Gasteiger partial charge in [0.2, 0.25) is 0 Å². The molecule has 2 amide bonds. The first kappa shape index (κ1) is 11.2. The number of aromatic nitrogens is 1. The van der Waals surface area contributed by atoms with Gasteiger partial charge in [-0.15, -0.1) is 0 Å². The number of nitrogens with one attached hydrogen (secondary N) is 1. The summed E-state index contributed by atoms with van der Waals surface area (Å²) >= 11 is 0. The lowest BCUT2D eigenvalue weighted by Gasteiger charge is -2.25. The molecule has 0 unspecified atom stereocenters. The highest BCUT2D eigenvalue weighted by Gasteiger charge is 2.13. The van der Waals surface area contributed by atoms with E-state index in [2.05, 4.69) is 10.4 Å². The molecule has 0 saturated heterocycles. The number of carbonyl (C=O) groups excluding carboxylic acids is 1. The highest BCUT2D eigenvalue weighted by molar-refractivity contribution is 5.73. The van der Waals surface area contributed by atoms with Crippen LogP contribution in [-0.4, -0.2) is 22.1 Å². The number of anilines is 1. The Morgan fingerprint density at radius 2 is 2.27 bits per heavy atom. The molecule has 15 heavy (non-hydrogen) atoms. The topological polar surface area (TPSA) is 71.2 Å². The van der Waals surface area contributed by atoms with Gasteiger partial charge in [-0.05, 0) is 26.0 Å². The van der Waals surface area contributed by atoms with E-state index in [-0.39, 0.29) is 6.04 Å². The molecule has 1 aromatic heterocycles. The van der Waals surface area contributed by atoms with Crippen molar-refractivity contribution < 1.29 is 9.18 Å². The van der Waals surface area contributed by atoms with Gasteiger partial charge in [-0.25, -0.2) is 19.2 Å². The summed E-state index contributed by atoms with van der Waals surface area (Å²) < 4.78 is 12.5. The van der Waals surface area contributed by atoms with Gasteiger partial charge in [-0.1, -0.05) is 0 Å². The van der Waals surface area contributed by atoms with Gasteiger partial charge in [0.15, 0.2) is 0 Å². The van der Waals surface area contributed by atoms with E-state index in [4.69, 9.17) is 5.73 Å². The molecule has 5 nitrogen and oxygen atoms in total. The van der Waals surface area contributed by atoms with Gasteiger partial charge >= 0.3 is 6.03 Å². The van der Waals surface area contributed by atoms with Crippen molar-refractivity contribution in [1.29, 1.82) is 0 Å². The molecule has 0 atom stereocenters. The number of hydrogen-bond acceptors (Lipinski definition) is 3. The third kappa shape index (κ3) is 3.08. The summed E-state index contributed by atoms with van der Waals surface area (Å²) in [6.07, 6.45) is 1.06. The Labute approximate surface area is 87.1 Å². The number of amides is 2. The zero-order valence-corrected chi connectivity index (χ0v) is 8.57. The maximum Gasteiger partial charge on any atom is 0.333 e. The van der Waals surface area contributed by atoms with E-state index in [1.807, 2.05) is 0 Å². The number of primary amides is 1. The Kier molecular flexibility index (Phi) is 3.43. The van der Waals surface area contributed by atoms with Gasteiger partial charge in [-0.2, -0.15) is 0 Å². The molecule has 1 aromatic rings. The van der Waals surface area contributed by atoms with Crippen molar-refractivity contribution in [3.8, 4) is 0 Å². The maximum absolute atomic E-state index is 12.5. The zero-order chi connectivity index (χ0) is 11.4. The van der Waals surface area contributed by atoms with Crippen LogP contribution in [0.3, 0.4) is 0 Å². The number of hydrogen-bond donors (Lipinski definition) is 2. The molecule has 1 heterocycles. The van der Waals surface area contributed by atoms with Crippen molar-refractivity contribution in [3.05, 3.63) is 24.1 Å². The van der Waals surface area contributed by atoms with Crippen LogP contribution in [0.25, 0.3) is 0 Å². The fourth-order valence-corrected chi connectivity index (χ4v) is 1.00. The van der Waals surface area contributed by atoms with Crippen LogP contribution in [-0.2, 0) is 0 Å². The number of hydrazine groups is 1. The van der Waals surface area contributed by atoms with Crippen LogP contribution < -0.4 is 11.2 Å². The summed E-state index contributed by atoms with van der Waals surface area (Å²) in [5, 5.41) is 1.21. The standard InChI is InChI=1S/C9H13FN4O/c1-6(2)14(9(11)15)13-8-4-3-7(10)5-12-8/h3-6H,1-2H3,(H2,11,15)(H,12,13). The third-order valence-electron chi connectivity index (χ3n) is 1.72. The molecule has 0 aliphatic carbocycles. The average molecular weight is 212 g/mol. The smallest absolute Gasteiger partial charge is 0.333 e. The molecule has 0 spiro atoms. The first-order valence-electron chi connectivity index (χ1n) is 4.47. The van der Waals surface area contributed by atoms with Gasteiger partial charge in [0.1, 0.15) is 11.6 Å². The molecule has 3 N–H and O–H groups in total. The van der Waals surface area contributed by atoms with Crippen molar-refractivity contribution in [2.45, 2.75) is 19.9 Å². The lowest BCUT2D eigenvalue weighted by atomic mass is 10.4. The molecule has 0 aliphatic rings. The summed E-state index contributed by atoms with van der Waals surface area (Å²) in [4.78, 5) is 14.7. The Morgan fingerprint density at radius 1 is 1.60 bits per heavy atom. The molecule has 1 rings (SSSR count). The van der Waals surface area contributed by atoms with Gasteiger partial charge < -0.3 is 5.73 Å². The number of pyridine rings is 1. The molecular weight excluding hydrogens is 199 g/mol. The van der Waals surface area contributed by atoms with Crippen LogP contribution in [0.1, 0.15) is 13.8 Å². The lowest BCUT2D eigenvalue weighted by molar-refractivity contribution is 0.206. The number of nitrogens with two attached hydrogens (primary N) is 1. The summed E-state index contributed by atoms with van der Waals surface area (Å²) in [7, 11) is 0. The Balaban J connectivity index is 2.74. The summed E-state index contributed by atoms with van der Waals surface area (Å²) in [5.41, 5.74) is 7.82. The fourth-order valence-electron chi connectivity index (χ4n) is 1.00. The summed E-state index contributed by atoms with van der Waals surface area (Å²) in [6, 6.07) is 1.94. The monoisotopic (exact) mass is 212 g/mol. The molecule has 0 radical (unpaired) electrons. The van der Waals surface area contributed by atoms with Crippen molar-refractivity contribution in [1.82, 2.24) is 9.99 Å². The van der Waals surface area contributed by atoms with Crippen molar-refractivity contribution in [2.75, 3.05) is 5.43 Å². The van der Waals surface area contributed by atoms with Crippen LogP contribution in [0.5, 0.6) is 0 Å². The molecule has 6 heteroatoms. The normalized spacial score (nSPS) is 10.1. The van der Waals surface area contributed by atoms with E-state index in [1.54, 1.807) is 13.8 Å². The van der Waals surface area contributed by atoms with Crippen molar-refractivity contribution in [3.63, 3.8) is 0 Å². The minimum Gasteiger partial charge on any atom is -0.350 e. The quantitative estimate of drug-likeness (QED) is 0.742. The predicted octanol–water partition coefficient (Wildman–Crippen LogP) is 1.34. The zero-order valence-electron chi connectivity index (χ0n) is 8.57. The van der Waals surface area contributed by atoms with Gasteiger partial charge in [0.25, 0.3) is 0 Å². The average Bonchev–Trinajstić information content (AvgIpc) is 2.15. The molecule has 0 fully saturated rings. The second kappa shape index (κ2) is 4.59. The van der Waals surface area contributed by atoms with E-state index in [1.165, 1.54) is 17.1 Å². The van der Waals surface area contributed by atoms with Crippen LogP contribution >= 0.6 is 0 Å². The van der Waals surface area contributed by atoms with E-state index >= 15 is 0 Å². The van der Waals surface area contributed by atoms with Gasteiger partial charge in [0.05, 0.1) is 6.20 Å². The molecule has 0 bridgehead atoms. The number of carbonyl (C=O) groups is 1. The number of halogens is 1. The fraction of sp³-hybridized carbons (Fsp3) is 0.333. The SMILES string of the molecule is CC(C)N(Nc1ccc(F)cn1)C(N)=O. The van der Waals surface area contributed by atoms with E-state index in [0.29, 0.717) is 5.82 Å². The van der Waals surface area contributed by atoms with Crippen molar-refractivity contribution >= 4 is 11.8 Å².